The number of esters is 1. The summed E-state index contributed by atoms with van der Waals surface area (Å²) >= 11 is 0. The van der Waals surface area contributed by atoms with E-state index in [9.17, 15) is 4.79 Å². The predicted molar refractivity (Wildman–Crippen MR) is 86.7 cm³/mol. The maximum Gasteiger partial charge on any atom is 0.353 e. The van der Waals surface area contributed by atoms with Gasteiger partial charge in [0.1, 0.15) is 0 Å². The second kappa shape index (κ2) is 5.37. The third kappa shape index (κ3) is 2.27. The molecule has 0 spiro atoms. The third-order valence-corrected chi connectivity index (χ3v) is 6.88. The quantitative estimate of drug-likeness (QED) is 0.564. The van der Waals surface area contributed by atoms with Gasteiger partial charge in [0.2, 0.25) is 0 Å². The maximum atomic E-state index is 11.8. The van der Waals surface area contributed by atoms with Crippen LogP contribution in [0.25, 0.3) is 0 Å². The smallest absolute Gasteiger partial charge is 0.347 e. The van der Waals surface area contributed by atoms with E-state index in [0.29, 0.717) is 16.9 Å². The van der Waals surface area contributed by atoms with E-state index < -0.39 is 5.97 Å². The first kappa shape index (κ1) is 14.8. The SMILES string of the molecule is C[C@@]12CCC[C@H]1[C@@H]1CCc3cc(C(=O)OC#N)ccc3[C@H]1CC2. The summed E-state index contributed by atoms with van der Waals surface area (Å²) in [5.74, 6) is 1.83. The minimum absolute atomic E-state index is 0.505. The van der Waals surface area contributed by atoms with Gasteiger partial charge in [0.05, 0.1) is 5.56 Å². The molecule has 1 aromatic rings. The number of ether oxygens (including phenoxy) is 1. The van der Waals surface area contributed by atoms with Gasteiger partial charge < -0.3 is 4.74 Å². The van der Waals surface area contributed by atoms with Crippen LogP contribution in [0.1, 0.15) is 72.9 Å². The van der Waals surface area contributed by atoms with Crippen molar-refractivity contribution in [3.05, 3.63) is 34.9 Å². The van der Waals surface area contributed by atoms with Crippen molar-refractivity contribution in [2.45, 2.75) is 57.8 Å². The zero-order valence-electron chi connectivity index (χ0n) is 13.7. The molecular formula is C20H23NO2. The lowest BCUT2D eigenvalue weighted by atomic mass is 9.56. The predicted octanol–water partition coefficient (Wildman–Crippen LogP) is 4.57. The molecule has 0 bridgehead atoms. The molecule has 1 aromatic carbocycles. The minimum Gasteiger partial charge on any atom is -0.347 e. The van der Waals surface area contributed by atoms with Crippen LogP contribution in [0.2, 0.25) is 0 Å². The van der Waals surface area contributed by atoms with Crippen molar-refractivity contribution in [1.29, 1.82) is 5.26 Å². The van der Waals surface area contributed by atoms with Crippen LogP contribution in [0.15, 0.2) is 18.2 Å². The number of carbonyl (C=O) groups excluding carboxylic acids is 1. The van der Waals surface area contributed by atoms with Gasteiger partial charge >= 0.3 is 5.97 Å². The first-order valence-electron chi connectivity index (χ1n) is 8.85. The van der Waals surface area contributed by atoms with Crippen LogP contribution < -0.4 is 0 Å². The van der Waals surface area contributed by atoms with Crippen LogP contribution in [-0.2, 0) is 11.2 Å². The number of nitrogens with zero attached hydrogens (tertiary/aromatic N) is 1. The number of hydrogen-bond donors (Lipinski definition) is 0. The van der Waals surface area contributed by atoms with Gasteiger partial charge in [-0.1, -0.05) is 19.4 Å². The van der Waals surface area contributed by atoms with Crippen molar-refractivity contribution < 1.29 is 9.53 Å². The number of hydrogen-bond acceptors (Lipinski definition) is 3. The van der Waals surface area contributed by atoms with Gasteiger partial charge in [0.25, 0.3) is 6.26 Å². The molecule has 2 saturated carbocycles. The number of aryl methyl sites for hydroxylation is 1. The van der Waals surface area contributed by atoms with Crippen molar-refractivity contribution in [3.63, 3.8) is 0 Å². The first-order valence-corrected chi connectivity index (χ1v) is 8.85. The highest BCUT2D eigenvalue weighted by Gasteiger charge is 2.50. The summed E-state index contributed by atoms with van der Waals surface area (Å²) in [4.78, 5) is 11.8. The third-order valence-electron chi connectivity index (χ3n) is 6.88. The standard InChI is InChI=1S/C20H23NO2/c1-20-9-2-3-18(20)17-7-4-13-11-14(19(22)23-12-21)5-6-15(13)16(17)8-10-20/h5-6,11,16-18H,2-4,7-10H2,1H3/t16-,17-,18+,20+/m1/s1. The Morgan fingerprint density at radius 2 is 2.17 bits per heavy atom. The lowest BCUT2D eigenvalue weighted by molar-refractivity contribution is 0.0597. The topological polar surface area (TPSA) is 50.1 Å². The van der Waals surface area contributed by atoms with Crippen molar-refractivity contribution >= 4 is 5.97 Å². The number of fused-ring (bicyclic) bond motifs is 5. The molecule has 2 fully saturated rings. The number of nitriles is 1. The average Bonchev–Trinajstić information content (AvgIpc) is 2.96. The molecule has 0 N–H and O–H groups in total. The van der Waals surface area contributed by atoms with E-state index >= 15 is 0 Å². The highest BCUT2D eigenvalue weighted by atomic mass is 16.5. The van der Waals surface area contributed by atoms with E-state index in [1.165, 1.54) is 55.9 Å². The molecule has 0 aliphatic heterocycles. The summed E-state index contributed by atoms with van der Waals surface area (Å²) < 4.78 is 4.46. The molecule has 3 nitrogen and oxygen atoms in total. The largest absolute Gasteiger partial charge is 0.353 e. The van der Waals surface area contributed by atoms with Gasteiger partial charge in [-0.25, -0.2) is 4.79 Å². The zero-order chi connectivity index (χ0) is 16.0. The van der Waals surface area contributed by atoms with Gasteiger partial charge in [-0.15, -0.1) is 5.26 Å². The molecule has 4 atom stereocenters. The number of rotatable bonds is 1. The van der Waals surface area contributed by atoms with Crippen molar-refractivity contribution in [1.82, 2.24) is 0 Å². The second-order valence-electron chi connectivity index (χ2n) is 7.89. The Bertz CT molecular complexity index is 689. The lowest BCUT2D eigenvalue weighted by Crippen LogP contribution is -2.39. The first-order chi connectivity index (χ1) is 11.1. The van der Waals surface area contributed by atoms with Crippen LogP contribution in [0.4, 0.5) is 0 Å². The fraction of sp³-hybridized carbons (Fsp3) is 0.600. The molecule has 120 valence electrons. The summed E-state index contributed by atoms with van der Waals surface area (Å²) in [5, 5.41) is 8.51. The Kier molecular flexibility index (Phi) is 3.44. The van der Waals surface area contributed by atoms with Gasteiger partial charge in [0, 0.05) is 0 Å². The average molecular weight is 309 g/mol. The monoisotopic (exact) mass is 309 g/mol. The molecule has 3 heteroatoms. The van der Waals surface area contributed by atoms with Gasteiger partial charge in [-0.2, -0.15) is 0 Å². The molecular weight excluding hydrogens is 286 g/mol. The molecule has 0 radical (unpaired) electrons. The van der Waals surface area contributed by atoms with E-state index in [1.54, 1.807) is 0 Å². The van der Waals surface area contributed by atoms with E-state index in [0.717, 1.165) is 18.3 Å². The molecule has 3 aliphatic rings. The Balaban J connectivity index is 1.64. The summed E-state index contributed by atoms with van der Waals surface area (Å²) in [7, 11) is 0. The lowest BCUT2D eigenvalue weighted by Gasteiger charge is -2.49. The summed E-state index contributed by atoms with van der Waals surface area (Å²) in [6.07, 6.45) is 10.6. The summed E-state index contributed by atoms with van der Waals surface area (Å²) in [6, 6.07) is 5.91. The fourth-order valence-corrected chi connectivity index (χ4v) is 5.80. The minimum atomic E-state index is -0.538. The highest BCUT2D eigenvalue weighted by molar-refractivity contribution is 5.90. The van der Waals surface area contributed by atoms with Gasteiger partial charge in [0.15, 0.2) is 0 Å². The van der Waals surface area contributed by atoms with E-state index in [-0.39, 0.29) is 0 Å². The Morgan fingerprint density at radius 3 is 3.00 bits per heavy atom. The molecule has 0 aromatic heterocycles. The normalized spacial score (nSPS) is 34.7. The van der Waals surface area contributed by atoms with Crippen molar-refractivity contribution in [2.24, 2.45) is 17.3 Å². The maximum absolute atomic E-state index is 11.8. The molecule has 0 heterocycles. The molecule has 3 aliphatic carbocycles. The molecule has 0 unspecified atom stereocenters. The number of benzene rings is 1. The molecule has 23 heavy (non-hydrogen) atoms. The Labute approximate surface area is 137 Å². The van der Waals surface area contributed by atoms with Crippen LogP contribution in [0.3, 0.4) is 0 Å². The summed E-state index contributed by atoms with van der Waals surface area (Å²) in [5.41, 5.74) is 3.82. The molecule has 0 saturated heterocycles. The number of carbonyl (C=O) groups is 1. The highest BCUT2D eigenvalue weighted by Crippen LogP contribution is 2.60. The van der Waals surface area contributed by atoms with Crippen molar-refractivity contribution in [3.8, 4) is 6.26 Å². The van der Waals surface area contributed by atoms with E-state index in [2.05, 4.69) is 17.7 Å². The second-order valence-corrected chi connectivity index (χ2v) is 7.89. The van der Waals surface area contributed by atoms with Crippen LogP contribution in [0, 0.1) is 28.8 Å². The summed E-state index contributed by atoms with van der Waals surface area (Å²) in [6.45, 7) is 2.51. The van der Waals surface area contributed by atoms with E-state index in [1.807, 2.05) is 12.1 Å². The van der Waals surface area contributed by atoms with Gasteiger partial charge in [-0.3, -0.25) is 0 Å². The Morgan fingerprint density at radius 1 is 1.30 bits per heavy atom. The molecule has 0 amide bonds. The van der Waals surface area contributed by atoms with Gasteiger partial charge in [-0.05, 0) is 85.0 Å². The van der Waals surface area contributed by atoms with E-state index in [4.69, 9.17) is 5.26 Å². The van der Waals surface area contributed by atoms with Crippen LogP contribution >= 0.6 is 0 Å². The fourth-order valence-electron chi connectivity index (χ4n) is 5.80. The molecule has 4 rings (SSSR count). The Hall–Kier alpha value is -1.82. The van der Waals surface area contributed by atoms with Crippen molar-refractivity contribution in [2.75, 3.05) is 0 Å². The zero-order valence-corrected chi connectivity index (χ0v) is 13.7. The van der Waals surface area contributed by atoms with Crippen LogP contribution in [0.5, 0.6) is 0 Å². The van der Waals surface area contributed by atoms with Crippen LogP contribution in [-0.4, -0.2) is 5.97 Å².